The summed E-state index contributed by atoms with van der Waals surface area (Å²) in [4.78, 5) is 0. The number of hydrogen-bond donors (Lipinski definition) is 3. The summed E-state index contributed by atoms with van der Waals surface area (Å²) in [6, 6.07) is 12.0. The molecule has 1 atom stereocenters. The van der Waals surface area contributed by atoms with Crippen LogP contribution < -0.4 is 5.73 Å². The van der Waals surface area contributed by atoms with E-state index >= 15 is 0 Å². The molecule has 0 aliphatic carbocycles. The fourth-order valence-electron chi connectivity index (χ4n) is 1.78. The average molecular weight is 229 g/mol. The third kappa shape index (κ3) is 2.40. The zero-order valence-electron chi connectivity index (χ0n) is 9.59. The summed E-state index contributed by atoms with van der Waals surface area (Å²) < 4.78 is 0. The van der Waals surface area contributed by atoms with Crippen LogP contribution in [0.25, 0.3) is 0 Å². The Kier molecular flexibility index (Phi) is 3.02. The van der Waals surface area contributed by atoms with E-state index in [1.807, 2.05) is 25.1 Å². The van der Waals surface area contributed by atoms with Gasteiger partial charge in [-0.1, -0.05) is 24.3 Å². The van der Waals surface area contributed by atoms with Crippen molar-refractivity contribution in [1.29, 1.82) is 0 Å². The summed E-state index contributed by atoms with van der Waals surface area (Å²) >= 11 is 0. The Balaban J connectivity index is 2.36. The maximum atomic E-state index is 10.2. The normalized spacial score (nSPS) is 12.4. The number of rotatable bonds is 2. The molecule has 0 heterocycles. The van der Waals surface area contributed by atoms with Crippen LogP contribution in [0.5, 0.6) is 5.75 Å². The van der Waals surface area contributed by atoms with Crippen LogP contribution in [0.15, 0.2) is 42.5 Å². The van der Waals surface area contributed by atoms with Crippen molar-refractivity contribution in [2.45, 2.75) is 13.0 Å². The molecule has 0 saturated carbocycles. The van der Waals surface area contributed by atoms with E-state index in [1.165, 1.54) is 0 Å². The second-order valence-electron chi connectivity index (χ2n) is 4.13. The Labute approximate surface area is 100 Å². The van der Waals surface area contributed by atoms with Crippen LogP contribution in [0.1, 0.15) is 22.8 Å². The van der Waals surface area contributed by atoms with Gasteiger partial charge in [0, 0.05) is 11.3 Å². The van der Waals surface area contributed by atoms with Gasteiger partial charge < -0.3 is 15.9 Å². The number of nitrogen functional groups attached to an aromatic ring is 1. The second kappa shape index (κ2) is 4.47. The summed E-state index contributed by atoms with van der Waals surface area (Å²) in [5.41, 5.74) is 8.90. The topological polar surface area (TPSA) is 66.5 Å². The summed E-state index contributed by atoms with van der Waals surface area (Å²) in [6.45, 7) is 1.95. The van der Waals surface area contributed by atoms with E-state index in [4.69, 9.17) is 5.73 Å². The smallest absolute Gasteiger partial charge is 0.115 e. The van der Waals surface area contributed by atoms with Crippen molar-refractivity contribution in [2.75, 3.05) is 5.73 Å². The molecule has 2 aromatic rings. The molecule has 0 amide bonds. The molecule has 0 bridgehead atoms. The van der Waals surface area contributed by atoms with E-state index in [1.54, 1.807) is 24.3 Å². The van der Waals surface area contributed by atoms with Gasteiger partial charge in [0.15, 0.2) is 0 Å². The SMILES string of the molecule is Cc1ccc(C(O)c2ccc(O)cc2)c(N)c1. The summed E-state index contributed by atoms with van der Waals surface area (Å²) in [5, 5.41) is 19.4. The molecule has 3 nitrogen and oxygen atoms in total. The zero-order chi connectivity index (χ0) is 12.4. The third-order valence-electron chi connectivity index (χ3n) is 2.75. The lowest BCUT2D eigenvalue weighted by Gasteiger charge is -2.14. The van der Waals surface area contributed by atoms with Crippen molar-refractivity contribution in [3.05, 3.63) is 59.2 Å². The number of benzene rings is 2. The molecule has 0 aromatic heterocycles. The van der Waals surface area contributed by atoms with E-state index in [0.717, 1.165) is 5.56 Å². The van der Waals surface area contributed by atoms with Crippen molar-refractivity contribution < 1.29 is 10.2 Å². The van der Waals surface area contributed by atoms with E-state index in [9.17, 15) is 10.2 Å². The second-order valence-corrected chi connectivity index (χ2v) is 4.13. The Hall–Kier alpha value is -2.00. The molecule has 2 rings (SSSR count). The third-order valence-corrected chi connectivity index (χ3v) is 2.75. The standard InChI is InChI=1S/C14H15NO2/c1-9-2-7-12(13(15)8-9)14(17)10-3-5-11(16)6-4-10/h2-8,14,16-17H,15H2,1H3. The maximum Gasteiger partial charge on any atom is 0.115 e. The summed E-state index contributed by atoms with van der Waals surface area (Å²) in [7, 11) is 0. The molecule has 0 radical (unpaired) electrons. The summed E-state index contributed by atoms with van der Waals surface area (Å²) in [6.07, 6.45) is -0.767. The van der Waals surface area contributed by atoms with Gasteiger partial charge in [-0.15, -0.1) is 0 Å². The highest BCUT2D eigenvalue weighted by Gasteiger charge is 2.13. The van der Waals surface area contributed by atoms with Gasteiger partial charge in [-0.3, -0.25) is 0 Å². The van der Waals surface area contributed by atoms with E-state index in [-0.39, 0.29) is 5.75 Å². The Bertz CT molecular complexity index is 520. The lowest BCUT2D eigenvalue weighted by molar-refractivity contribution is 0.221. The highest BCUT2D eigenvalue weighted by Crippen LogP contribution is 2.28. The predicted octanol–water partition coefficient (Wildman–Crippen LogP) is 2.36. The van der Waals surface area contributed by atoms with Crippen molar-refractivity contribution in [1.82, 2.24) is 0 Å². The number of phenols is 1. The van der Waals surface area contributed by atoms with Crippen molar-refractivity contribution >= 4 is 5.69 Å². The molecular formula is C14H15NO2. The fourth-order valence-corrected chi connectivity index (χ4v) is 1.78. The minimum atomic E-state index is -0.767. The molecule has 0 spiro atoms. The van der Waals surface area contributed by atoms with E-state index in [0.29, 0.717) is 16.8 Å². The number of aliphatic hydroxyl groups excluding tert-OH is 1. The van der Waals surface area contributed by atoms with Gasteiger partial charge in [-0.05, 0) is 36.2 Å². The molecule has 0 aliphatic rings. The fraction of sp³-hybridized carbons (Fsp3) is 0.143. The average Bonchev–Trinajstić information content (AvgIpc) is 2.29. The van der Waals surface area contributed by atoms with Crippen LogP contribution in [-0.2, 0) is 0 Å². The number of aryl methyl sites for hydroxylation is 1. The Morgan fingerprint density at radius 2 is 1.71 bits per heavy atom. The minimum Gasteiger partial charge on any atom is -0.508 e. The first-order valence-corrected chi connectivity index (χ1v) is 5.41. The van der Waals surface area contributed by atoms with Crippen LogP contribution in [0, 0.1) is 6.92 Å². The number of nitrogens with two attached hydrogens (primary N) is 1. The lowest BCUT2D eigenvalue weighted by Crippen LogP contribution is -2.03. The highest BCUT2D eigenvalue weighted by molar-refractivity contribution is 5.52. The predicted molar refractivity (Wildman–Crippen MR) is 67.8 cm³/mol. The number of anilines is 1. The van der Waals surface area contributed by atoms with Gasteiger partial charge >= 0.3 is 0 Å². The van der Waals surface area contributed by atoms with Gasteiger partial charge in [0.05, 0.1) is 0 Å². The van der Waals surface area contributed by atoms with Crippen molar-refractivity contribution in [3.8, 4) is 5.75 Å². The highest BCUT2D eigenvalue weighted by atomic mass is 16.3. The lowest BCUT2D eigenvalue weighted by atomic mass is 9.99. The first kappa shape index (κ1) is 11.5. The van der Waals surface area contributed by atoms with Crippen LogP contribution >= 0.6 is 0 Å². The first-order valence-electron chi connectivity index (χ1n) is 5.41. The first-order chi connectivity index (χ1) is 8.08. The van der Waals surface area contributed by atoms with Crippen LogP contribution in [0.3, 0.4) is 0 Å². The summed E-state index contributed by atoms with van der Waals surface area (Å²) in [5.74, 6) is 0.179. The number of phenolic OH excluding ortho intramolecular Hbond substituents is 1. The van der Waals surface area contributed by atoms with Gasteiger partial charge in [0.25, 0.3) is 0 Å². The van der Waals surface area contributed by atoms with Gasteiger partial charge in [0.1, 0.15) is 11.9 Å². The molecule has 88 valence electrons. The minimum absolute atomic E-state index is 0.179. The zero-order valence-corrected chi connectivity index (χ0v) is 9.59. The molecule has 1 unspecified atom stereocenters. The molecule has 4 N–H and O–H groups in total. The monoisotopic (exact) mass is 229 g/mol. The maximum absolute atomic E-state index is 10.2. The van der Waals surface area contributed by atoms with Crippen LogP contribution in [-0.4, -0.2) is 10.2 Å². The van der Waals surface area contributed by atoms with Crippen molar-refractivity contribution in [2.24, 2.45) is 0 Å². The quantitative estimate of drug-likeness (QED) is 0.692. The van der Waals surface area contributed by atoms with Gasteiger partial charge in [-0.25, -0.2) is 0 Å². The molecule has 0 fully saturated rings. The largest absolute Gasteiger partial charge is 0.508 e. The molecular weight excluding hydrogens is 214 g/mol. The van der Waals surface area contributed by atoms with Crippen LogP contribution in [0.4, 0.5) is 5.69 Å². The number of aromatic hydroxyl groups is 1. The number of hydrogen-bond acceptors (Lipinski definition) is 3. The molecule has 2 aromatic carbocycles. The van der Waals surface area contributed by atoms with E-state index < -0.39 is 6.10 Å². The van der Waals surface area contributed by atoms with Crippen molar-refractivity contribution in [3.63, 3.8) is 0 Å². The number of aliphatic hydroxyl groups is 1. The molecule has 0 saturated heterocycles. The Morgan fingerprint density at radius 3 is 2.29 bits per heavy atom. The van der Waals surface area contributed by atoms with E-state index in [2.05, 4.69) is 0 Å². The van der Waals surface area contributed by atoms with Gasteiger partial charge in [0.2, 0.25) is 0 Å². The van der Waals surface area contributed by atoms with Crippen LogP contribution in [0.2, 0.25) is 0 Å². The molecule has 3 heteroatoms. The molecule has 17 heavy (non-hydrogen) atoms. The van der Waals surface area contributed by atoms with Gasteiger partial charge in [-0.2, -0.15) is 0 Å². The molecule has 0 aliphatic heterocycles. The Morgan fingerprint density at radius 1 is 1.06 bits per heavy atom.